The fraction of sp³-hybridized carbons (Fsp3) is 0.464. The van der Waals surface area contributed by atoms with E-state index in [9.17, 15) is 18.0 Å². The van der Waals surface area contributed by atoms with E-state index < -0.39 is 6.18 Å². The zero-order valence-electron chi connectivity index (χ0n) is 20.6. The predicted octanol–water partition coefficient (Wildman–Crippen LogP) is 8.89. The minimum absolute atomic E-state index is 0.132. The van der Waals surface area contributed by atoms with E-state index in [0.717, 1.165) is 12.0 Å². The van der Waals surface area contributed by atoms with Crippen LogP contribution in [-0.4, -0.2) is 12.0 Å². The first kappa shape index (κ1) is 31.6. The number of benzene rings is 2. The summed E-state index contributed by atoms with van der Waals surface area (Å²) in [6, 6.07) is 18.1. The Morgan fingerprint density at radius 2 is 1.38 bits per heavy atom. The molecule has 0 aliphatic rings. The van der Waals surface area contributed by atoms with Gasteiger partial charge in [0.25, 0.3) is 0 Å². The van der Waals surface area contributed by atoms with E-state index in [0.29, 0.717) is 11.8 Å². The molecule has 0 aliphatic carbocycles. The second-order valence-electron chi connectivity index (χ2n) is 7.54. The predicted molar refractivity (Wildman–Crippen MR) is 131 cm³/mol. The molecule has 0 saturated carbocycles. The number of Topliss-reactive ketones (excluding diaryl/α,β-unsaturated/α-hetero) is 1. The molecule has 0 aromatic heterocycles. The molecule has 2 unspecified atom stereocenters. The Morgan fingerprint density at radius 1 is 0.938 bits per heavy atom. The molecule has 0 heterocycles. The lowest BCUT2D eigenvalue weighted by Gasteiger charge is -2.14. The molecule has 1 nitrogen and oxygen atoms in total. The van der Waals surface area contributed by atoms with Crippen molar-refractivity contribution in [3.63, 3.8) is 0 Å². The largest absolute Gasteiger partial charge is 0.386 e. The van der Waals surface area contributed by atoms with Crippen molar-refractivity contribution in [1.82, 2.24) is 0 Å². The SMILES string of the molecule is C#CC(C)C(C)c1ccccc1.CC(F)(F)F.CCCC.CCc1ccc(C(C)=O)cc1. The Balaban J connectivity index is 0. The summed E-state index contributed by atoms with van der Waals surface area (Å²) in [5.41, 5.74) is 3.39. The van der Waals surface area contributed by atoms with Gasteiger partial charge in [-0.15, -0.1) is 12.3 Å². The zero-order chi connectivity index (χ0) is 25.2. The lowest BCUT2D eigenvalue weighted by molar-refractivity contribution is -0.110. The Kier molecular flexibility index (Phi) is 17.9. The van der Waals surface area contributed by atoms with Gasteiger partial charge in [-0.3, -0.25) is 4.79 Å². The maximum Gasteiger partial charge on any atom is 0.386 e. The standard InChI is InChI=1S/C12H14.C10H12O.C4H10.C2H3F3/c1-4-10(2)11(3)12-8-6-5-7-9-12;1-3-9-4-6-10(7-5-9)8(2)11;1-3-4-2;1-2(3,4)5/h1,5-11H,2-3H3;4-7H,3H2,1-2H3;3-4H2,1-2H3;1H3. The summed E-state index contributed by atoms with van der Waals surface area (Å²) in [5.74, 6) is 3.66. The summed E-state index contributed by atoms with van der Waals surface area (Å²) >= 11 is 0. The minimum Gasteiger partial charge on any atom is -0.295 e. The van der Waals surface area contributed by atoms with Crippen LogP contribution in [0.15, 0.2) is 54.6 Å². The highest BCUT2D eigenvalue weighted by Gasteiger charge is 2.15. The van der Waals surface area contributed by atoms with E-state index in [4.69, 9.17) is 6.42 Å². The molecule has 2 aromatic rings. The van der Waals surface area contributed by atoms with Gasteiger partial charge in [-0.2, -0.15) is 13.2 Å². The highest BCUT2D eigenvalue weighted by Crippen LogP contribution is 2.22. The van der Waals surface area contributed by atoms with E-state index in [-0.39, 0.29) is 12.7 Å². The van der Waals surface area contributed by atoms with Crippen LogP contribution < -0.4 is 0 Å². The quantitative estimate of drug-likeness (QED) is 0.330. The summed E-state index contributed by atoms with van der Waals surface area (Å²) < 4.78 is 31.1. The molecule has 178 valence electrons. The number of hydrogen-bond donors (Lipinski definition) is 0. The molecule has 0 amide bonds. The van der Waals surface area contributed by atoms with E-state index >= 15 is 0 Å². The molecule has 2 atom stereocenters. The maximum absolute atomic E-state index is 10.8. The van der Waals surface area contributed by atoms with E-state index in [1.165, 1.54) is 24.0 Å². The number of unbranched alkanes of at least 4 members (excludes halogenated alkanes) is 1. The van der Waals surface area contributed by atoms with Gasteiger partial charge in [-0.1, -0.05) is 102 Å². The maximum atomic E-state index is 10.8. The number of aryl methyl sites for hydroxylation is 1. The van der Waals surface area contributed by atoms with Crippen LogP contribution in [0.25, 0.3) is 0 Å². The molecule has 2 aromatic carbocycles. The Labute approximate surface area is 193 Å². The topological polar surface area (TPSA) is 17.1 Å². The fourth-order valence-electron chi connectivity index (χ4n) is 2.16. The van der Waals surface area contributed by atoms with E-state index in [1.807, 2.05) is 30.3 Å². The Morgan fingerprint density at radius 3 is 1.69 bits per heavy atom. The molecule has 4 heteroatoms. The Bertz CT molecular complexity index is 748. The number of ketones is 1. The van der Waals surface area contributed by atoms with Gasteiger partial charge in [0.1, 0.15) is 0 Å². The van der Waals surface area contributed by atoms with E-state index in [1.54, 1.807) is 6.92 Å². The van der Waals surface area contributed by atoms with Gasteiger partial charge in [0.2, 0.25) is 0 Å². The van der Waals surface area contributed by atoms with Crippen molar-refractivity contribution >= 4 is 5.78 Å². The number of carbonyl (C=O) groups is 1. The van der Waals surface area contributed by atoms with Crippen molar-refractivity contribution in [3.8, 4) is 12.3 Å². The van der Waals surface area contributed by atoms with Crippen LogP contribution in [0.1, 0.15) is 88.7 Å². The van der Waals surface area contributed by atoms with Crippen molar-refractivity contribution < 1.29 is 18.0 Å². The van der Waals surface area contributed by atoms with Crippen LogP contribution in [0.5, 0.6) is 0 Å². The molecule has 0 aliphatic heterocycles. The summed E-state index contributed by atoms with van der Waals surface area (Å²) in [7, 11) is 0. The second kappa shape index (κ2) is 18.1. The average Bonchev–Trinajstić information content (AvgIpc) is 2.78. The fourth-order valence-corrected chi connectivity index (χ4v) is 2.16. The van der Waals surface area contributed by atoms with Crippen molar-refractivity contribution in [2.75, 3.05) is 0 Å². The van der Waals surface area contributed by atoms with Crippen molar-refractivity contribution in [2.24, 2.45) is 5.92 Å². The first-order chi connectivity index (χ1) is 14.9. The number of carbonyl (C=O) groups excluding carboxylic acids is 1. The van der Waals surface area contributed by atoms with Gasteiger partial charge in [0.15, 0.2) is 5.78 Å². The van der Waals surface area contributed by atoms with Crippen LogP contribution in [-0.2, 0) is 6.42 Å². The number of alkyl halides is 3. The number of hydrogen-bond acceptors (Lipinski definition) is 1. The summed E-state index contributed by atoms with van der Waals surface area (Å²) in [5, 5.41) is 0. The molecule has 2 rings (SSSR count). The third-order valence-corrected chi connectivity index (χ3v) is 4.61. The molecule has 0 bridgehead atoms. The molecule has 0 fully saturated rings. The Hall–Kier alpha value is -2.54. The van der Waals surface area contributed by atoms with Gasteiger partial charge in [0.05, 0.1) is 0 Å². The monoisotopic (exact) mass is 448 g/mol. The van der Waals surface area contributed by atoms with Crippen LogP contribution >= 0.6 is 0 Å². The first-order valence-electron chi connectivity index (χ1n) is 11.1. The number of terminal acetylenes is 1. The number of rotatable bonds is 5. The molecular formula is C28H39F3O. The molecule has 0 radical (unpaired) electrons. The summed E-state index contributed by atoms with van der Waals surface area (Å²) in [4.78, 5) is 10.8. The van der Waals surface area contributed by atoms with Crippen LogP contribution in [0.2, 0.25) is 0 Å². The normalized spacial score (nSPS) is 11.7. The number of halogens is 3. The lowest BCUT2D eigenvalue weighted by Crippen LogP contribution is -2.02. The van der Waals surface area contributed by atoms with Crippen LogP contribution in [0.3, 0.4) is 0 Å². The summed E-state index contributed by atoms with van der Waals surface area (Å²) in [6.45, 7) is 12.5. The second-order valence-corrected chi connectivity index (χ2v) is 7.54. The van der Waals surface area contributed by atoms with Gasteiger partial charge < -0.3 is 0 Å². The highest BCUT2D eigenvalue weighted by atomic mass is 19.4. The van der Waals surface area contributed by atoms with Crippen LogP contribution in [0, 0.1) is 18.3 Å². The highest BCUT2D eigenvalue weighted by molar-refractivity contribution is 5.93. The molecule has 0 N–H and O–H groups in total. The zero-order valence-corrected chi connectivity index (χ0v) is 20.6. The van der Waals surface area contributed by atoms with Crippen LogP contribution in [0.4, 0.5) is 13.2 Å². The van der Waals surface area contributed by atoms with Crippen molar-refractivity contribution in [2.45, 2.75) is 79.8 Å². The van der Waals surface area contributed by atoms with Gasteiger partial charge in [-0.25, -0.2) is 0 Å². The molecule has 0 spiro atoms. The van der Waals surface area contributed by atoms with Gasteiger partial charge in [-0.05, 0) is 30.4 Å². The lowest BCUT2D eigenvalue weighted by atomic mass is 9.90. The first-order valence-corrected chi connectivity index (χ1v) is 11.1. The molecular weight excluding hydrogens is 409 g/mol. The van der Waals surface area contributed by atoms with Crippen molar-refractivity contribution in [3.05, 3.63) is 71.3 Å². The average molecular weight is 449 g/mol. The molecule has 0 saturated heterocycles. The van der Waals surface area contributed by atoms with Gasteiger partial charge >= 0.3 is 6.18 Å². The minimum atomic E-state index is -4.00. The van der Waals surface area contributed by atoms with E-state index in [2.05, 4.69) is 64.8 Å². The smallest absolute Gasteiger partial charge is 0.295 e. The molecule has 32 heavy (non-hydrogen) atoms. The summed E-state index contributed by atoms with van der Waals surface area (Å²) in [6.07, 6.45) is 5.03. The van der Waals surface area contributed by atoms with Gasteiger partial charge in [0, 0.05) is 18.4 Å². The third-order valence-electron chi connectivity index (χ3n) is 4.61. The van der Waals surface area contributed by atoms with Crippen molar-refractivity contribution in [1.29, 1.82) is 0 Å². The third kappa shape index (κ3) is 18.2.